The number of para-hydroxylation sites is 2. The van der Waals surface area contributed by atoms with Crippen LogP contribution >= 0.6 is 0 Å². The summed E-state index contributed by atoms with van der Waals surface area (Å²) in [5.74, 6) is 1.26. The van der Waals surface area contributed by atoms with Crippen LogP contribution in [0.25, 0.3) is 0 Å². The van der Waals surface area contributed by atoms with Gasteiger partial charge in [0, 0.05) is 32.2 Å². The maximum absolute atomic E-state index is 12.4. The Morgan fingerprint density at radius 1 is 1.26 bits per heavy atom. The Balaban J connectivity index is 1.84. The highest BCUT2D eigenvalue weighted by Crippen LogP contribution is 2.26. The lowest BCUT2D eigenvalue weighted by Gasteiger charge is -2.38. The third-order valence-electron chi connectivity index (χ3n) is 4.59. The van der Waals surface area contributed by atoms with Gasteiger partial charge in [-0.2, -0.15) is 0 Å². The molecule has 2 rings (SSSR count). The van der Waals surface area contributed by atoms with Crippen molar-refractivity contribution in [2.45, 2.75) is 38.8 Å². The standard InChI is InChI=1S/C18H28N2O3/c1-14(2)20-11-9-15(10-12-20)19(3)18(21)13-23-17-8-6-5-7-16(17)22-4/h5-8,14-15H,9-13H2,1-4H3. The second-order valence-electron chi connectivity index (χ2n) is 6.31. The molecule has 0 saturated carbocycles. The van der Waals surface area contributed by atoms with E-state index in [0.29, 0.717) is 23.6 Å². The summed E-state index contributed by atoms with van der Waals surface area (Å²) in [4.78, 5) is 16.7. The lowest BCUT2D eigenvalue weighted by molar-refractivity contribution is -0.135. The molecule has 1 fully saturated rings. The SMILES string of the molecule is COc1ccccc1OCC(=O)N(C)C1CCN(C(C)C)CC1. The van der Waals surface area contributed by atoms with Gasteiger partial charge < -0.3 is 19.3 Å². The summed E-state index contributed by atoms with van der Waals surface area (Å²) in [6, 6.07) is 8.26. The van der Waals surface area contributed by atoms with Crippen molar-refractivity contribution in [3.05, 3.63) is 24.3 Å². The maximum atomic E-state index is 12.4. The van der Waals surface area contributed by atoms with Crippen LogP contribution in [-0.2, 0) is 4.79 Å². The molecule has 23 heavy (non-hydrogen) atoms. The Bertz CT molecular complexity index is 511. The van der Waals surface area contributed by atoms with Crippen molar-refractivity contribution in [1.82, 2.24) is 9.80 Å². The molecule has 5 heteroatoms. The van der Waals surface area contributed by atoms with Crippen molar-refractivity contribution in [2.24, 2.45) is 0 Å². The zero-order valence-corrected chi connectivity index (χ0v) is 14.6. The van der Waals surface area contributed by atoms with Crippen LogP contribution in [0.3, 0.4) is 0 Å². The lowest BCUT2D eigenvalue weighted by atomic mass is 10.0. The van der Waals surface area contributed by atoms with Crippen LogP contribution < -0.4 is 9.47 Å². The second kappa shape index (κ2) is 8.20. The molecule has 0 N–H and O–H groups in total. The molecule has 0 spiro atoms. The fourth-order valence-electron chi connectivity index (χ4n) is 2.97. The molecule has 1 aromatic carbocycles. The molecule has 5 nitrogen and oxygen atoms in total. The Hall–Kier alpha value is -1.75. The molecule has 1 aliphatic heterocycles. The molecule has 0 aliphatic carbocycles. The molecular formula is C18H28N2O3. The summed E-state index contributed by atoms with van der Waals surface area (Å²) >= 11 is 0. The van der Waals surface area contributed by atoms with Crippen molar-refractivity contribution >= 4 is 5.91 Å². The number of benzene rings is 1. The van der Waals surface area contributed by atoms with Crippen molar-refractivity contribution in [2.75, 3.05) is 33.9 Å². The molecule has 0 unspecified atom stereocenters. The van der Waals surface area contributed by atoms with E-state index in [1.165, 1.54) is 0 Å². The highest BCUT2D eigenvalue weighted by atomic mass is 16.5. The molecule has 1 aromatic rings. The van der Waals surface area contributed by atoms with Gasteiger partial charge in [-0.05, 0) is 38.8 Å². The molecule has 128 valence electrons. The number of piperidine rings is 1. The first-order valence-electron chi connectivity index (χ1n) is 8.28. The van der Waals surface area contributed by atoms with E-state index >= 15 is 0 Å². The predicted molar refractivity (Wildman–Crippen MR) is 91.0 cm³/mol. The smallest absolute Gasteiger partial charge is 0.260 e. The number of amides is 1. The Labute approximate surface area is 139 Å². The molecule has 0 radical (unpaired) electrons. The fraction of sp³-hybridized carbons (Fsp3) is 0.611. The zero-order valence-electron chi connectivity index (χ0n) is 14.6. The van der Waals surface area contributed by atoms with Gasteiger partial charge in [-0.3, -0.25) is 4.79 Å². The van der Waals surface area contributed by atoms with Gasteiger partial charge in [0.15, 0.2) is 18.1 Å². The summed E-state index contributed by atoms with van der Waals surface area (Å²) in [5, 5.41) is 0. The quantitative estimate of drug-likeness (QED) is 0.807. The first-order chi connectivity index (χ1) is 11.0. The first-order valence-corrected chi connectivity index (χ1v) is 8.28. The number of rotatable bonds is 6. The molecule has 1 heterocycles. The third kappa shape index (κ3) is 4.61. The van der Waals surface area contributed by atoms with E-state index in [-0.39, 0.29) is 12.5 Å². The highest BCUT2D eigenvalue weighted by molar-refractivity contribution is 5.78. The molecule has 0 atom stereocenters. The van der Waals surface area contributed by atoms with E-state index in [1.54, 1.807) is 7.11 Å². The van der Waals surface area contributed by atoms with E-state index in [1.807, 2.05) is 36.2 Å². The van der Waals surface area contributed by atoms with E-state index in [0.717, 1.165) is 25.9 Å². The number of likely N-dealkylation sites (tertiary alicyclic amines) is 1. The maximum Gasteiger partial charge on any atom is 0.260 e. The minimum atomic E-state index is 0.0129. The van der Waals surface area contributed by atoms with Crippen LogP contribution in [0.2, 0.25) is 0 Å². The van der Waals surface area contributed by atoms with Gasteiger partial charge in [0.2, 0.25) is 0 Å². The molecule has 1 saturated heterocycles. The number of carbonyl (C=O) groups is 1. The molecular weight excluding hydrogens is 292 g/mol. The average molecular weight is 320 g/mol. The Morgan fingerprint density at radius 2 is 1.87 bits per heavy atom. The first kappa shape index (κ1) is 17.6. The molecule has 0 bridgehead atoms. The highest BCUT2D eigenvalue weighted by Gasteiger charge is 2.26. The number of ether oxygens (including phenoxy) is 2. The monoisotopic (exact) mass is 320 g/mol. The van der Waals surface area contributed by atoms with Crippen molar-refractivity contribution in [3.63, 3.8) is 0 Å². The van der Waals surface area contributed by atoms with Crippen LogP contribution in [0.5, 0.6) is 11.5 Å². The minimum absolute atomic E-state index is 0.0129. The van der Waals surface area contributed by atoms with E-state index in [2.05, 4.69) is 18.7 Å². The average Bonchev–Trinajstić information content (AvgIpc) is 2.59. The summed E-state index contributed by atoms with van der Waals surface area (Å²) in [7, 11) is 3.47. The fourth-order valence-corrected chi connectivity index (χ4v) is 2.97. The van der Waals surface area contributed by atoms with Gasteiger partial charge >= 0.3 is 0 Å². The summed E-state index contributed by atoms with van der Waals surface area (Å²) in [5.41, 5.74) is 0. The number of methoxy groups -OCH3 is 1. The summed E-state index contributed by atoms with van der Waals surface area (Å²) in [6.07, 6.45) is 2.05. The van der Waals surface area contributed by atoms with Gasteiger partial charge in [0.1, 0.15) is 0 Å². The molecule has 1 amide bonds. The van der Waals surface area contributed by atoms with Crippen molar-refractivity contribution in [3.8, 4) is 11.5 Å². The predicted octanol–water partition coefficient (Wildman–Crippen LogP) is 2.41. The van der Waals surface area contributed by atoms with Gasteiger partial charge in [0.05, 0.1) is 7.11 Å². The van der Waals surface area contributed by atoms with E-state index < -0.39 is 0 Å². The van der Waals surface area contributed by atoms with Gasteiger partial charge in [-0.15, -0.1) is 0 Å². The third-order valence-corrected chi connectivity index (χ3v) is 4.59. The number of hydrogen-bond acceptors (Lipinski definition) is 4. The lowest BCUT2D eigenvalue weighted by Crippen LogP contribution is -2.48. The zero-order chi connectivity index (χ0) is 16.8. The van der Waals surface area contributed by atoms with Crippen LogP contribution in [0.1, 0.15) is 26.7 Å². The number of likely N-dealkylation sites (N-methyl/N-ethyl adjacent to an activating group) is 1. The molecule has 1 aliphatic rings. The molecule has 0 aromatic heterocycles. The van der Waals surface area contributed by atoms with Crippen LogP contribution in [0, 0.1) is 0 Å². The van der Waals surface area contributed by atoms with Crippen LogP contribution in [0.15, 0.2) is 24.3 Å². The van der Waals surface area contributed by atoms with Gasteiger partial charge in [-0.1, -0.05) is 12.1 Å². The van der Waals surface area contributed by atoms with Crippen LogP contribution in [0.4, 0.5) is 0 Å². The van der Waals surface area contributed by atoms with Gasteiger partial charge in [0.25, 0.3) is 5.91 Å². The largest absolute Gasteiger partial charge is 0.493 e. The number of nitrogens with zero attached hydrogens (tertiary/aromatic N) is 2. The Morgan fingerprint density at radius 3 is 2.43 bits per heavy atom. The number of hydrogen-bond donors (Lipinski definition) is 0. The minimum Gasteiger partial charge on any atom is -0.493 e. The second-order valence-corrected chi connectivity index (χ2v) is 6.31. The summed E-state index contributed by atoms with van der Waals surface area (Å²) in [6.45, 7) is 6.58. The summed E-state index contributed by atoms with van der Waals surface area (Å²) < 4.78 is 10.9. The Kier molecular flexibility index (Phi) is 6.28. The van der Waals surface area contributed by atoms with E-state index in [9.17, 15) is 4.79 Å². The van der Waals surface area contributed by atoms with E-state index in [4.69, 9.17) is 9.47 Å². The van der Waals surface area contributed by atoms with Crippen LogP contribution in [-0.4, -0.2) is 61.6 Å². The number of carbonyl (C=O) groups excluding carboxylic acids is 1. The topological polar surface area (TPSA) is 42.0 Å². The van der Waals surface area contributed by atoms with Crippen molar-refractivity contribution in [1.29, 1.82) is 0 Å². The van der Waals surface area contributed by atoms with Gasteiger partial charge in [-0.25, -0.2) is 0 Å². The normalized spacial score (nSPS) is 16.4. The van der Waals surface area contributed by atoms with Crippen molar-refractivity contribution < 1.29 is 14.3 Å².